The Hall–Kier alpha value is -2.68. The fourth-order valence-corrected chi connectivity index (χ4v) is 5.26. The third-order valence-corrected chi connectivity index (χ3v) is 7.21. The summed E-state index contributed by atoms with van der Waals surface area (Å²) in [5, 5.41) is 9.94. The van der Waals surface area contributed by atoms with Crippen LogP contribution in [0.4, 0.5) is 18.9 Å². The number of anilines is 1. The van der Waals surface area contributed by atoms with Crippen LogP contribution in [-0.4, -0.2) is 22.0 Å². The second-order valence-corrected chi connectivity index (χ2v) is 9.73. The number of thiophene rings is 1. The average molecular weight is 538 g/mol. The summed E-state index contributed by atoms with van der Waals surface area (Å²) >= 11 is 5.19. The lowest BCUT2D eigenvalue weighted by molar-refractivity contribution is -0.138. The lowest BCUT2D eigenvalue weighted by Gasteiger charge is -2.16. The highest BCUT2D eigenvalue weighted by atomic mass is 79.9. The van der Waals surface area contributed by atoms with Crippen LogP contribution in [0.1, 0.15) is 17.5 Å². The number of carbonyl (C=O) groups excluding carboxylic acids is 2. The van der Waals surface area contributed by atoms with Crippen molar-refractivity contribution in [3.8, 4) is 16.6 Å². The number of thioether (sulfide) groups is 1. The minimum absolute atomic E-state index is 0.0513. The van der Waals surface area contributed by atoms with Gasteiger partial charge in [0.2, 0.25) is 11.8 Å². The van der Waals surface area contributed by atoms with Gasteiger partial charge in [-0.05, 0) is 41.8 Å². The molecule has 3 heterocycles. The van der Waals surface area contributed by atoms with Crippen molar-refractivity contribution in [3.05, 3.63) is 63.4 Å². The zero-order valence-corrected chi connectivity index (χ0v) is 19.1. The summed E-state index contributed by atoms with van der Waals surface area (Å²) < 4.78 is 41.8. The SMILES string of the molecule is N#Cc1c(C(F)(F)F)cc(-c2cccs2)nc1SC1CC(=O)N(c2ccc(Br)cc2)C1=O. The summed E-state index contributed by atoms with van der Waals surface area (Å²) in [6.07, 6.45) is -5.00. The van der Waals surface area contributed by atoms with Crippen molar-refractivity contribution in [2.45, 2.75) is 22.9 Å². The van der Waals surface area contributed by atoms with E-state index in [-0.39, 0.29) is 17.1 Å². The number of hydrogen-bond donors (Lipinski definition) is 0. The number of nitrogens with zero attached hydrogens (tertiary/aromatic N) is 3. The Morgan fingerprint density at radius 2 is 1.94 bits per heavy atom. The van der Waals surface area contributed by atoms with Crippen molar-refractivity contribution >= 4 is 56.5 Å². The van der Waals surface area contributed by atoms with Gasteiger partial charge >= 0.3 is 6.18 Å². The molecule has 0 spiro atoms. The number of imide groups is 1. The molecule has 1 aliphatic rings. The van der Waals surface area contributed by atoms with Gasteiger partial charge in [-0.3, -0.25) is 9.59 Å². The van der Waals surface area contributed by atoms with Crippen LogP contribution >= 0.6 is 39.0 Å². The van der Waals surface area contributed by atoms with Crippen molar-refractivity contribution in [3.63, 3.8) is 0 Å². The zero-order chi connectivity index (χ0) is 23.0. The maximum atomic E-state index is 13.7. The molecule has 0 radical (unpaired) electrons. The first-order chi connectivity index (χ1) is 15.2. The smallest absolute Gasteiger partial charge is 0.274 e. The molecule has 0 saturated carbocycles. The van der Waals surface area contributed by atoms with E-state index in [2.05, 4.69) is 20.9 Å². The molecule has 1 unspecified atom stereocenters. The highest BCUT2D eigenvalue weighted by Crippen LogP contribution is 2.41. The third kappa shape index (κ3) is 4.30. The third-order valence-electron chi connectivity index (χ3n) is 4.62. The van der Waals surface area contributed by atoms with Gasteiger partial charge in [-0.2, -0.15) is 18.4 Å². The van der Waals surface area contributed by atoms with E-state index in [0.29, 0.717) is 22.3 Å². The van der Waals surface area contributed by atoms with Crippen molar-refractivity contribution in [2.24, 2.45) is 0 Å². The Bertz CT molecular complexity index is 1240. The number of benzene rings is 1. The first kappa shape index (κ1) is 22.5. The molecule has 1 aliphatic heterocycles. The van der Waals surface area contributed by atoms with Gasteiger partial charge in [0.15, 0.2) is 0 Å². The number of rotatable bonds is 4. The van der Waals surface area contributed by atoms with Gasteiger partial charge in [0, 0.05) is 10.9 Å². The molecule has 11 heteroatoms. The van der Waals surface area contributed by atoms with E-state index in [0.717, 1.165) is 15.4 Å². The highest BCUT2D eigenvalue weighted by Gasteiger charge is 2.42. The molecule has 1 atom stereocenters. The van der Waals surface area contributed by atoms with Crippen LogP contribution in [-0.2, 0) is 15.8 Å². The van der Waals surface area contributed by atoms with E-state index in [4.69, 9.17) is 0 Å². The van der Waals surface area contributed by atoms with Crippen molar-refractivity contribution in [2.75, 3.05) is 4.90 Å². The lowest BCUT2D eigenvalue weighted by Crippen LogP contribution is -2.31. The summed E-state index contributed by atoms with van der Waals surface area (Å²) in [5.74, 6) is -1.04. The van der Waals surface area contributed by atoms with Crippen LogP contribution in [0, 0.1) is 11.3 Å². The molecule has 3 aromatic rings. The molecular formula is C21H11BrF3N3O2S2. The Labute approximate surface area is 197 Å². The van der Waals surface area contributed by atoms with E-state index in [1.54, 1.807) is 47.8 Å². The van der Waals surface area contributed by atoms with Gasteiger partial charge in [-0.25, -0.2) is 9.88 Å². The molecule has 5 nitrogen and oxygen atoms in total. The quantitative estimate of drug-likeness (QED) is 0.388. The molecule has 32 heavy (non-hydrogen) atoms. The van der Waals surface area contributed by atoms with Crippen LogP contribution in [0.15, 0.2) is 57.3 Å². The van der Waals surface area contributed by atoms with Crippen LogP contribution in [0.2, 0.25) is 0 Å². The van der Waals surface area contributed by atoms with Crippen LogP contribution < -0.4 is 4.90 Å². The van der Waals surface area contributed by atoms with Crippen LogP contribution in [0.5, 0.6) is 0 Å². The molecule has 1 fully saturated rings. The normalized spacial score (nSPS) is 16.5. The minimum atomic E-state index is -4.78. The van der Waals surface area contributed by atoms with Gasteiger partial charge in [0.25, 0.3) is 0 Å². The molecule has 2 amide bonds. The van der Waals surface area contributed by atoms with E-state index in [1.165, 1.54) is 11.3 Å². The Morgan fingerprint density at radius 3 is 2.53 bits per heavy atom. The molecule has 0 bridgehead atoms. The minimum Gasteiger partial charge on any atom is -0.274 e. The molecule has 1 aromatic carbocycles. The van der Waals surface area contributed by atoms with E-state index in [9.17, 15) is 28.0 Å². The lowest BCUT2D eigenvalue weighted by atomic mass is 10.1. The summed E-state index contributed by atoms with van der Waals surface area (Å²) in [5.41, 5.74) is -1.37. The second-order valence-electron chi connectivity index (χ2n) is 6.68. The van der Waals surface area contributed by atoms with E-state index < -0.39 is 34.4 Å². The Morgan fingerprint density at radius 1 is 1.22 bits per heavy atom. The highest BCUT2D eigenvalue weighted by molar-refractivity contribution is 9.10. The number of hydrogen-bond acceptors (Lipinski definition) is 6. The number of carbonyl (C=O) groups is 2. The molecule has 0 N–H and O–H groups in total. The number of nitriles is 1. The Kier molecular flexibility index (Phi) is 6.11. The van der Waals surface area contributed by atoms with E-state index in [1.807, 2.05) is 0 Å². The fourth-order valence-electron chi connectivity index (χ4n) is 3.18. The number of amides is 2. The summed E-state index contributed by atoms with van der Waals surface area (Å²) in [7, 11) is 0. The molecule has 2 aromatic heterocycles. The monoisotopic (exact) mass is 537 g/mol. The summed E-state index contributed by atoms with van der Waals surface area (Å²) in [6, 6.07) is 12.2. The molecule has 1 saturated heterocycles. The maximum absolute atomic E-state index is 13.7. The summed E-state index contributed by atoms with van der Waals surface area (Å²) in [4.78, 5) is 31.2. The number of aromatic nitrogens is 1. The maximum Gasteiger partial charge on any atom is 0.417 e. The predicted octanol–water partition coefficient (Wildman–Crippen LogP) is 5.89. The zero-order valence-electron chi connectivity index (χ0n) is 15.9. The van der Waals surface area contributed by atoms with Crippen molar-refractivity contribution in [1.29, 1.82) is 5.26 Å². The standard InChI is InChI=1S/C21H11BrF3N3O2S2/c22-11-3-5-12(6-4-11)28-18(29)9-17(20(28)30)32-19-13(10-26)14(21(23,24)25)8-15(27-19)16-2-1-7-31-16/h1-8,17H,9H2. The van der Waals surface area contributed by atoms with Crippen molar-refractivity contribution < 1.29 is 22.8 Å². The predicted molar refractivity (Wildman–Crippen MR) is 118 cm³/mol. The average Bonchev–Trinajstić information content (AvgIpc) is 3.36. The number of alkyl halides is 3. The largest absolute Gasteiger partial charge is 0.417 e. The van der Waals surface area contributed by atoms with Gasteiger partial charge in [0.1, 0.15) is 11.1 Å². The second kappa shape index (κ2) is 8.69. The van der Waals surface area contributed by atoms with Crippen LogP contribution in [0.25, 0.3) is 10.6 Å². The van der Waals surface area contributed by atoms with Gasteiger partial charge < -0.3 is 0 Å². The Balaban J connectivity index is 1.73. The molecule has 4 rings (SSSR count). The molecule has 162 valence electrons. The van der Waals surface area contributed by atoms with Crippen LogP contribution in [0.3, 0.4) is 0 Å². The first-order valence-corrected chi connectivity index (χ1v) is 11.6. The van der Waals surface area contributed by atoms with Gasteiger partial charge in [-0.1, -0.05) is 33.8 Å². The number of pyridine rings is 1. The molecular weight excluding hydrogens is 527 g/mol. The van der Waals surface area contributed by atoms with Gasteiger partial charge in [-0.15, -0.1) is 11.3 Å². The molecule has 0 aliphatic carbocycles. The topological polar surface area (TPSA) is 74.1 Å². The fraction of sp³-hybridized carbons (Fsp3) is 0.143. The first-order valence-electron chi connectivity index (χ1n) is 9.04. The van der Waals surface area contributed by atoms with Crippen molar-refractivity contribution in [1.82, 2.24) is 4.98 Å². The van der Waals surface area contributed by atoms with Gasteiger partial charge in [0.05, 0.1) is 32.6 Å². The van der Waals surface area contributed by atoms with E-state index >= 15 is 0 Å². The number of halogens is 4. The summed E-state index contributed by atoms with van der Waals surface area (Å²) in [6.45, 7) is 0.